The monoisotopic (exact) mass is 344 g/mol. The number of likely N-dealkylation sites (tertiary alicyclic amines) is 1. The van der Waals surface area contributed by atoms with Crippen LogP contribution in [0.2, 0.25) is 0 Å². The fourth-order valence-electron chi connectivity index (χ4n) is 3.48. The first-order valence-electron chi connectivity index (χ1n) is 8.35. The zero-order valence-corrected chi connectivity index (χ0v) is 13.7. The summed E-state index contributed by atoms with van der Waals surface area (Å²) in [7, 11) is 0. The van der Waals surface area contributed by atoms with Crippen LogP contribution in [0.25, 0.3) is 0 Å². The van der Waals surface area contributed by atoms with E-state index in [1.807, 2.05) is 28.9 Å². The molecule has 0 bridgehead atoms. The van der Waals surface area contributed by atoms with Crippen LogP contribution in [0.3, 0.4) is 0 Å². The molecule has 1 saturated heterocycles. The molecule has 2 aliphatic rings. The summed E-state index contributed by atoms with van der Waals surface area (Å²) < 4.78 is 13.1. The quantitative estimate of drug-likeness (QED) is 0.868. The maximum absolute atomic E-state index is 10.5. The number of aliphatic carboxylic acids is 1. The summed E-state index contributed by atoms with van der Waals surface area (Å²) >= 11 is 0. The van der Waals surface area contributed by atoms with Crippen LogP contribution >= 0.6 is 0 Å². The van der Waals surface area contributed by atoms with Gasteiger partial charge in [0.15, 0.2) is 6.61 Å². The lowest BCUT2D eigenvalue weighted by Gasteiger charge is -2.41. The van der Waals surface area contributed by atoms with E-state index in [0.717, 1.165) is 37.3 Å². The highest BCUT2D eigenvalue weighted by Gasteiger charge is 2.36. The molecular weight excluding hydrogens is 324 g/mol. The van der Waals surface area contributed by atoms with E-state index in [1.54, 1.807) is 6.20 Å². The zero-order chi connectivity index (χ0) is 17.2. The molecule has 4 rings (SSSR count). The molecular formula is C17H20N4O4. The minimum atomic E-state index is -0.978. The van der Waals surface area contributed by atoms with Gasteiger partial charge in [-0.2, -0.15) is 0 Å². The SMILES string of the molecule is O=C(O)COc1ccc(CN2CC[C@@H]3OCc4cnnn4[C@H]3C2)cc1. The van der Waals surface area contributed by atoms with Gasteiger partial charge in [-0.3, -0.25) is 4.90 Å². The smallest absolute Gasteiger partial charge is 0.341 e. The molecule has 8 nitrogen and oxygen atoms in total. The number of benzene rings is 1. The Hall–Kier alpha value is -2.45. The Balaban J connectivity index is 1.38. The van der Waals surface area contributed by atoms with Gasteiger partial charge in [0, 0.05) is 19.6 Å². The largest absolute Gasteiger partial charge is 0.482 e. The van der Waals surface area contributed by atoms with Crippen molar-refractivity contribution in [2.45, 2.75) is 31.7 Å². The third-order valence-corrected chi connectivity index (χ3v) is 4.70. The van der Waals surface area contributed by atoms with Gasteiger partial charge in [-0.05, 0) is 24.1 Å². The molecule has 2 aliphatic heterocycles. The van der Waals surface area contributed by atoms with E-state index in [2.05, 4.69) is 15.2 Å². The summed E-state index contributed by atoms with van der Waals surface area (Å²) in [6.07, 6.45) is 2.95. The molecule has 1 aromatic heterocycles. The van der Waals surface area contributed by atoms with Crippen LogP contribution in [-0.2, 0) is 22.7 Å². The van der Waals surface area contributed by atoms with E-state index in [-0.39, 0.29) is 18.8 Å². The second-order valence-corrected chi connectivity index (χ2v) is 6.44. The van der Waals surface area contributed by atoms with E-state index in [0.29, 0.717) is 12.4 Å². The second-order valence-electron chi connectivity index (χ2n) is 6.44. The van der Waals surface area contributed by atoms with Crippen LogP contribution in [-0.4, -0.2) is 56.8 Å². The van der Waals surface area contributed by atoms with E-state index in [9.17, 15) is 4.79 Å². The molecule has 0 spiro atoms. The summed E-state index contributed by atoms with van der Waals surface area (Å²) in [5.74, 6) is -0.410. The Morgan fingerprint density at radius 1 is 1.36 bits per heavy atom. The molecule has 8 heteroatoms. The Morgan fingerprint density at radius 2 is 2.20 bits per heavy atom. The predicted molar refractivity (Wildman–Crippen MR) is 87.1 cm³/mol. The van der Waals surface area contributed by atoms with Crippen molar-refractivity contribution in [2.75, 3.05) is 19.7 Å². The molecule has 1 N–H and O–H groups in total. The highest BCUT2D eigenvalue weighted by molar-refractivity contribution is 5.68. The van der Waals surface area contributed by atoms with Gasteiger partial charge in [0.2, 0.25) is 0 Å². The first-order chi connectivity index (χ1) is 12.2. The number of aromatic nitrogens is 3. The summed E-state index contributed by atoms with van der Waals surface area (Å²) in [5.41, 5.74) is 2.19. The number of fused-ring (bicyclic) bond motifs is 3. The molecule has 25 heavy (non-hydrogen) atoms. The number of rotatable bonds is 5. The maximum atomic E-state index is 10.5. The van der Waals surface area contributed by atoms with E-state index >= 15 is 0 Å². The van der Waals surface area contributed by atoms with Crippen LogP contribution < -0.4 is 4.74 Å². The molecule has 3 heterocycles. The lowest BCUT2D eigenvalue weighted by molar-refractivity contribution is -0.139. The van der Waals surface area contributed by atoms with Gasteiger partial charge < -0.3 is 14.6 Å². The Morgan fingerprint density at radius 3 is 3.00 bits per heavy atom. The Kier molecular flexibility index (Phi) is 4.37. The zero-order valence-electron chi connectivity index (χ0n) is 13.7. The molecule has 132 valence electrons. The molecule has 0 aliphatic carbocycles. The van der Waals surface area contributed by atoms with Gasteiger partial charge >= 0.3 is 5.97 Å². The number of hydrogen-bond donors (Lipinski definition) is 1. The van der Waals surface area contributed by atoms with E-state index in [1.165, 1.54) is 0 Å². The fraction of sp³-hybridized carbons (Fsp3) is 0.471. The van der Waals surface area contributed by atoms with Crippen molar-refractivity contribution in [3.63, 3.8) is 0 Å². The molecule has 0 unspecified atom stereocenters. The van der Waals surface area contributed by atoms with Crippen molar-refractivity contribution in [1.29, 1.82) is 0 Å². The van der Waals surface area contributed by atoms with Crippen LogP contribution in [0, 0.1) is 0 Å². The number of carboxylic acids is 1. The van der Waals surface area contributed by atoms with Gasteiger partial charge in [-0.1, -0.05) is 17.3 Å². The summed E-state index contributed by atoms with van der Waals surface area (Å²) in [6, 6.07) is 7.77. The highest BCUT2D eigenvalue weighted by Crippen LogP contribution is 2.30. The molecule has 1 fully saturated rings. The highest BCUT2D eigenvalue weighted by atomic mass is 16.5. The topological polar surface area (TPSA) is 89.7 Å². The summed E-state index contributed by atoms with van der Waals surface area (Å²) in [5, 5.41) is 16.9. The van der Waals surface area contributed by atoms with Crippen LogP contribution in [0.4, 0.5) is 0 Å². The molecule has 0 saturated carbocycles. The lowest BCUT2D eigenvalue weighted by Crippen LogP contribution is -2.47. The predicted octanol–water partition coefficient (Wildman–Crippen LogP) is 1.09. The van der Waals surface area contributed by atoms with Gasteiger partial charge in [-0.25, -0.2) is 9.48 Å². The van der Waals surface area contributed by atoms with Crippen molar-refractivity contribution < 1.29 is 19.4 Å². The third-order valence-electron chi connectivity index (χ3n) is 4.70. The van der Waals surface area contributed by atoms with Crippen molar-refractivity contribution in [3.05, 3.63) is 41.7 Å². The molecule has 0 radical (unpaired) electrons. The number of carbonyl (C=O) groups is 1. The summed E-state index contributed by atoms with van der Waals surface area (Å²) in [6.45, 7) is 2.94. The average Bonchev–Trinajstić information content (AvgIpc) is 3.10. The third kappa shape index (κ3) is 3.49. The van der Waals surface area contributed by atoms with Crippen molar-refractivity contribution in [3.8, 4) is 5.75 Å². The average molecular weight is 344 g/mol. The number of carboxylic acid groups (broad SMARTS) is 1. The molecule has 2 atom stereocenters. The van der Waals surface area contributed by atoms with Crippen LogP contribution in [0.15, 0.2) is 30.5 Å². The normalized spacial score (nSPS) is 22.9. The molecule has 0 amide bonds. The first kappa shape index (κ1) is 16.0. The molecule has 1 aromatic carbocycles. The van der Waals surface area contributed by atoms with E-state index < -0.39 is 5.97 Å². The van der Waals surface area contributed by atoms with Gasteiger partial charge in [0.1, 0.15) is 5.75 Å². The first-order valence-corrected chi connectivity index (χ1v) is 8.35. The second kappa shape index (κ2) is 6.81. The van der Waals surface area contributed by atoms with Crippen LogP contribution in [0.1, 0.15) is 23.7 Å². The fourth-order valence-corrected chi connectivity index (χ4v) is 3.48. The van der Waals surface area contributed by atoms with Crippen molar-refractivity contribution >= 4 is 5.97 Å². The maximum Gasteiger partial charge on any atom is 0.341 e. The minimum Gasteiger partial charge on any atom is -0.482 e. The van der Waals surface area contributed by atoms with Gasteiger partial charge in [0.25, 0.3) is 0 Å². The minimum absolute atomic E-state index is 0.206. The lowest BCUT2D eigenvalue weighted by atomic mass is 10.00. The number of hydrogen-bond acceptors (Lipinski definition) is 6. The number of ether oxygens (including phenoxy) is 2. The van der Waals surface area contributed by atoms with Crippen LogP contribution in [0.5, 0.6) is 5.75 Å². The van der Waals surface area contributed by atoms with Gasteiger partial charge in [0.05, 0.1) is 30.6 Å². The number of nitrogens with zero attached hydrogens (tertiary/aromatic N) is 4. The van der Waals surface area contributed by atoms with Crippen molar-refractivity contribution in [1.82, 2.24) is 19.9 Å². The molecule has 2 aromatic rings. The van der Waals surface area contributed by atoms with E-state index in [4.69, 9.17) is 14.6 Å². The van der Waals surface area contributed by atoms with Gasteiger partial charge in [-0.15, -0.1) is 5.10 Å². The van der Waals surface area contributed by atoms with Crippen molar-refractivity contribution in [2.24, 2.45) is 0 Å². The Bertz CT molecular complexity index is 745. The summed E-state index contributed by atoms with van der Waals surface area (Å²) in [4.78, 5) is 12.9. The standard InChI is InChI=1S/C17H20N4O4/c22-17(23)11-24-14-3-1-12(2-4-14)8-20-6-5-16-15(9-20)21-13(10-25-16)7-18-19-21/h1-4,7,15-16H,5-6,8-11H2,(H,22,23)/t15-,16-/m0/s1. The Labute approximate surface area is 144 Å². The number of piperidine rings is 1.